The third kappa shape index (κ3) is 4.64. The van der Waals surface area contributed by atoms with E-state index in [-0.39, 0.29) is 42.2 Å². The first-order chi connectivity index (χ1) is 16.4. The summed E-state index contributed by atoms with van der Waals surface area (Å²) in [6, 6.07) is 0.837. The van der Waals surface area contributed by atoms with Crippen LogP contribution in [0.1, 0.15) is 32.6 Å². The second-order valence-electron chi connectivity index (χ2n) is 9.27. The van der Waals surface area contributed by atoms with Gasteiger partial charge in [-0.1, -0.05) is 6.92 Å². The molecule has 0 bridgehead atoms. The Balaban J connectivity index is 1.31. The SMILES string of the molecule is CC1CC(NC(=O)N2CCC(F)C2)CC(Nc2nc(-c3c[nH]c4ncc(F)cc34)ncc2F)C1. The summed E-state index contributed by atoms with van der Waals surface area (Å²) < 4.78 is 41.8. The number of urea groups is 1. The molecule has 4 atom stereocenters. The predicted octanol–water partition coefficient (Wildman–Crippen LogP) is 4.02. The highest BCUT2D eigenvalue weighted by Gasteiger charge is 2.32. The van der Waals surface area contributed by atoms with Crippen molar-refractivity contribution in [2.45, 2.75) is 50.9 Å². The molecule has 2 amide bonds. The number of hydrogen-bond acceptors (Lipinski definition) is 5. The quantitative estimate of drug-likeness (QED) is 0.532. The number of nitrogens with zero attached hydrogens (tertiary/aromatic N) is 4. The summed E-state index contributed by atoms with van der Waals surface area (Å²) in [4.78, 5) is 29.4. The lowest BCUT2D eigenvalue weighted by Gasteiger charge is -2.35. The molecule has 11 heteroatoms. The van der Waals surface area contributed by atoms with E-state index in [0.717, 1.165) is 25.2 Å². The number of nitrogens with one attached hydrogen (secondary N) is 3. The molecule has 1 saturated carbocycles. The predicted molar refractivity (Wildman–Crippen MR) is 121 cm³/mol. The minimum Gasteiger partial charge on any atom is -0.365 e. The molecule has 4 heterocycles. The summed E-state index contributed by atoms with van der Waals surface area (Å²) in [5.41, 5.74) is 1.000. The maximum absolute atomic E-state index is 14.6. The molecule has 0 aromatic carbocycles. The minimum absolute atomic E-state index is 0.0488. The molecule has 5 rings (SSSR count). The summed E-state index contributed by atoms with van der Waals surface area (Å²) >= 11 is 0. The molecule has 0 spiro atoms. The number of rotatable bonds is 4. The highest BCUT2D eigenvalue weighted by Crippen LogP contribution is 2.30. The standard InChI is InChI=1S/C23H26F3N7O/c1-12-4-15(7-16(5-12)31-23(34)33-3-2-13(24)11-33)30-22-19(26)10-29-21(32-22)18-9-28-20-17(18)6-14(25)8-27-20/h6,8-10,12-13,15-16H,2-5,7,11H2,1H3,(H,27,28)(H,31,34)(H,29,30,32). The van der Waals surface area contributed by atoms with Crippen LogP contribution in [-0.4, -0.2) is 62.2 Å². The molecule has 1 aliphatic carbocycles. The second-order valence-corrected chi connectivity index (χ2v) is 9.27. The number of alkyl halides is 1. The molecule has 4 unspecified atom stereocenters. The topological polar surface area (TPSA) is 98.8 Å². The van der Waals surface area contributed by atoms with Crippen LogP contribution in [0.25, 0.3) is 22.4 Å². The Labute approximate surface area is 194 Å². The van der Waals surface area contributed by atoms with Gasteiger partial charge < -0.3 is 20.5 Å². The van der Waals surface area contributed by atoms with Crippen molar-refractivity contribution in [1.82, 2.24) is 30.2 Å². The van der Waals surface area contributed by atoms with Gasteiger partial charge in [-0.05, 0) is 37.7 Å². The van der Waals surface area contributed by atoms with E-state index < -0.39 is 17.8 Å². The Morgan fingerprint density at radius 3 is 2.79 bits per heavy atom. The van der Waals surface area contributed by atoms with E-state index in [9.17, 15) is 18.0 Å². The van der Waals surface area contributed by atoms with Gasteiger partial charge in [0.15, 0.2) is 17.5 Å². The average Bonchev–Trinajstić information content (AvgIpc) is 3.41. The molecule has 1 aliphatic heterocycles. The van der Waals surface area contributed by atoms with E-state index in [2.05, 4.69) is 37.5 Å². The van der Waals surface area contributed by atoms with Gasteiger partial charge in [0.05, 0.1) is 18.9 Å². The summed E-state index contributed by atoms with van der Waals surface area (Å²) in [6.07, 6.45) is 5.37. The Kier molecular flexibility index (Phi) is 6.01. The third-order valence-electron chi connectivity index (χ3n) is 6.51. The van der Waals surface area contributed by atoms with Crippen LogP contribution < -0.4 is 10.6 Å². The molecule has 1 saturated heterocycles. The van der Waals surface area contributed by atoms with Crippen molar-refractivity contribution in [2.75, 3.05) is 18.4 Å². The van der Waals surface area contributed by atoms with Gasteiger partial charge in [-0.15, -0.1) is 0 Å². The minimum atomic E-state index is -0.968. The van der Waals surface area contributed by atoms with E-state index in [1.807, 2.05) is 0 Å². The molecule has 3 aromatic rings. The monoisotopic (exact) mass is 473 g/mol. The number of anilines is 1. The van der Waals surface area contributed by atoms with Crippen LogP contribution in [-0.2, 0) is 0 Å². The van der Waals surface area contributed by atoms with Crippen molar-refractivity contribution in [2.24, 2.45) is 5.92 Å². The Morgan fingerprint density at radius 2 is 2.00 bits per heavy atom. The van der Waals surface area contributed by atoms with Crippen molar-refractivity contribution in [3.63, 3.8) is 0 Å². The maximum Gasteiger partial charge on any atom is 0.317 e. The van der Waals surface area contributed by atoms with Gasteiger partial charge in [-0.2, -0.15) is 0 Å². The van der Waals surface area contributed by atoms with E-state index in [1.54, 1.807) is 6.20 Å². The Bertz CT molecular complexity index is 1200. The Hall–Kier alpha value is -3.37. The normalized spacial score (nSPS) is 25.0. The van der Waals surface area contributed by atoms with Crippen molar-refractivity contribution >= 4 is 22.9 Å². The number of carbonyl (C=O) groups is 1. The van der Waals surface area contributed by atoms with Gasteiger partial charge in [0.25, 0.3) is 0 Å². The fraction of sp³-hybridized carbons (Fsp3) is 0.478. The molecule has 0 radical (unpaired) electrons. The first kappa shape index (κ1) is 22.4. The van der Waals surface area contributed by atoms with E-state index in [4.69, 9.17) is 0 Å². The molecule has 180 valence electrons. The lowest BCUT2D eigenvalue weighted by atomic mass is 9.83. The highest BCUT2D eigenvalue weighted by molar-refractivity contribution is 5.91. The van der Waals surface area contributed by atoms with Crippen LogP contribution in [0, 0.1) is 17.6 Å². The summed E-state index contributed by atoms with van der Waals surface area (Å²) in [5.74, 6) is -0.512. The zero-order chi connectivity index (χ0) is 23.8. The lowest BCUT2D eigenvalue weighted by molar-refractivity contribution is 0.191. The summed E-state index contributed by atoms with van der Waals surface area (Å²) in [7, 11) is 0. The molecule has 3 N–H and O–H groups in total. The average molecular weight is 474 g/mol. The smallest absolute Gasteiger partial charge is 0.317 e. The van der Waals surface area contributed by atoms with Crippen LogP contribution >= 0.6 is 0 Å². The molecule has 8 nitrogen and oxygen atoms in total. The number of aromatic nitrogens is 4. The van der Waals surface area contributed by atoms with Crippen LogP contribution in [0.3, 0.4) is 0 Å². The lowest BCUT2D eigenvalue weighted by Crippen LogP contribution is -2.48. The number of amides is 2. The van der Waals surface area contributed by atoms with E-state index in [0.29, 0.717) is 36.0 Å². The summed E-state index contributed by atoms with van der Waals surface area (Å²) in [5, 5.41) is 6.68. The first-order valence-corrected chi connectivity index (χ1v) is 11.5. The van der Waals surface area contributed by atoms with Gasteiger partial charge in [0.1, 0.15) is 17.6 Å². The molecular formula is C23H26F3N7O. The molecule has 2 aliphatic rings. The Morgan fingerprint density at radius 1 is 1.18 bits per heavy atom. The number of likely N-dealkylation sites (tertiary alicyclic amines) is 1. The number of pyridine rings is 1. The van der Waals surface area contributed by atoms with Gasteiger partial charge in [0.2, 0.25) is 0 Å². The number of H-pyrrole nitrogens is 1. The number of aromatic amines is 1. The van der Waals surface area contributed by atoms with E-state index in [1.165, 1.54) is 11.0 Å². The van der Waals surface area contributed by atoms with Crippen LogP contribution in [0.15, 0.2) is 24.7 Å². The number of halogens is 3. The third-order valence-corrected chi connectivity index (χ3v) is 6.51. The molecule has 3 aromatic heterocycles. The van der Waals surface area contributed by atoms with Crippen molar-refractivity contribution in [3.05, 3.63) is 36.3 Å². The van der Waals surface area contributed by atoms with Crippen LogP contribution in [0.4, 0.5) is 23.8 Å². The second kappa shape index (κ2) is 9.11. The fourth-order valence-electron chi connectivity index (χ4n) is 4.96. The van der Waals surface area contributed by atoms with Crippen molar-refractivity contribution < 1.29 is 18.0 Å². The summed E-state index contributed by atoms with van der Waals surface area (Å²) in [6.45, 7) is 2.62. The number of hydrogen-bond donors (Lipinski definition) is 3. The molecular weight excluding hydrogens is 447 g/mol. The van der Waals surface area contributed by atoms with Crippen LogP contribution in [0.5, 0.6) is 0 Å². The highest BCUT2D eigenvalue weighted by atomic mass is 19.1. The van der Waals surface area contributed by atoms with Gasteiger partial charge in [-0.3, -0.25) is 0 Å². The largest absolute Gasteiger partial charge is 0.365 e. The number of fused-ring (bicyclic) bond motifs is 1. The van der Waals surface area contributed by atoms with Gasteiger partial charge >= 0.3 is 6.03 Å². The van der Waals surface area contributed by atoms with Gasteiger partial charge in [0, 0.05) is 35.8 Å². The van der Waals surface area contributed by atoms with Crippen LogP contribution in [0.2, 0.25) is 0 Å². The van der Waals surface area contributed by atoms with E-state index >= 15 is 0 Å². The zero-order valence-electron chi connectivity index (χ0n) is 18.7. The van der Waals surface area contributed by atoms with Crippen molar-refractivity contribution in [3.8, 4) is 11.4 Å². The van der Waals surface area contributed by atoms with Crippen molar-refractivity contribution in [1.29, 1.82) is 0 Å². The fourth-order valence-corrected chi connectivity index (χ4v) is 4.96. The maximum atomic E-state index is 14.6. The first-order valence-electron chi connectivity index (χ1n) is 11.5. The zero-order valence-corrected chi connectivity index (χ0v) is 18.7. The van der Waals surface area contributed by atoms with Gasteiger partial charge in [-0.25, -0.2) is 32.9 Å². The molecule has 34 heavy (non-hydrogen) atoms. The number of carbonyl (C=O) groups excluding carboxylic acids is 1. The molecule has 2 fully saturated rings.